The van der Waals surface area contributed by atoms with Gasteiger partial charge in [0.25, 0.3) is 5.91 Å². The lowest BCUT2D eigenvalue weighted by molar-refractivity contribution is 0.102. The van der Waals surface area contributed by atoms with Crippen molar-refractivity contribution in [1.29, 1.82) is 0 Å². The van der Waals surface area contributed by atoms with Crippen LogP contribution in [0.4, 0.5) is 11.6 Å². The first-order valence-corrected chi connectivity index (χ1v) is 6.67. The summed E-state index contributed by atoms with van der Waals surface area (Å²) in [5.74, 6) is 0.153. The van der Waals surface area contributed by atoms with Crippen LogP contribution >= 0.6 is 0 Å². The molecule has 0 radical (unpaired) electrons. The molecule has 5 nitrogen and oxygen atoms in total. The number of benzene rings is 1. The standard InChI is InChI=1S/C16H18N4O/c1-4-9-17-16-18-10-8-13(19-16)15(21)20-14-11(2)6-5-7-12(14)3/h4-8,10H,1,9H2,2-3H3,(H,20,21)(H,17,18,19). The van der Waals surface area contributed by atoms with Gasteiger partial charge in [0.1, 0.15) is 5.69 Å². The summed E-state index contributed by atoms with van der Waals surface area (Å²) >= 11 is 0. The normalized spacial score (nSPS) is 10.0. The lowest BCUT2D eigenvalue weighted by atomic mass is 10.1. The van der Waals surface area contributed by atoms with Crippen LogP contribution in [-0.2, 0) is 0 Å². The summed E-state index contributed by atoms with van der Waals surface area (Å²) in [4.78, 5) is 20.5. The van der Waals surface area contributed by atoms with Crippen LogP contribution in [0.2, 0.25) is 0 Å². The average Bonchev–Trinajstić information content (AvgIpc) is 2.49. The predicted octanol–water partition coefficient (Wildman–Crippen LogP) is 2.94. The molecule has 108 valence electrons. The van der Waals surface area contributed by atoms with Gasteiger partial charge in [0.2, 0.25) is 5.95 Å². The molecule has 2 aromatic rings. The van der Waals surface area contributed by atoms with E-state index in [0.29, 0.717) is 18.2 Å². The molecule has 1 aromatic heterocycles. The molecule has 0 aliphatic heterocycles. The van der Waals surface area contributed by atoms with Crippen LogP contribution in [0.3, 0.4) is 0 Å². The van der Waals surface area contributed by atoms with Crippen LogP contribution in [0, 0.1) is 13.8 Å². The SMILES string of the molecule is C=CCNc1nccc(C(=O)Nc2c(C)cccc2C)n1. The maximum absolute atomic E-state index is 12.3. The lowest BCUT2D eigenvalue weighted by Crippen LogP contribution is -2.16. The number of aromatic nitrogens is 2. The van der Waals surface area contributed by atoms with Gasteiger partial charge in [-0.05, 0) is 31.0 Å². The fourth-order valence-electron chi connectivity index (χ4n) is 1.92. The summed E-state index contributed by atoms with van der Waals surface area (Å²) in [6.07, 6.45) is 3.25. The van der Waals surface area contributed by atoms with Crippen LogP contribution in [0.25, 0.3) is 0 Å². The maximum atomic E-state index is 12.3. The predicted molar refractivity (Wildman–Crippen MR) is 84.6 cm³/mol. The third-order valence-electron chi connectivity index (χ3n) is 3.01. The summed E-state index contributed by atoms with van der Waals surface area (Å²) in [6, 6.07) is 7.46. The molecular formula is C16H18N4O. The van der Waals surface area contributed by atoms with Gasteiger partial charge in [-0.2, -0.15) is 0 Å². The number of carbonyl (C=O) groups is 1. The highest BCUT2D eigenvalue weighted by molar-refractivity contribution is 6.03. The zero-order valence-corrected chi connectivity index (χ0v) is 12.2. The van der Waals surface area contributed by atoms with Crippen LogP contribution in [0.1, 0.15) is 21.6 Å². The van der Waals surface area contributed by atoms with Crippen molar-refractivity contribution >= 4 is 17.5 Å². The average molecular weight is 282 g/mol. The summed E-state index contributed by atoms with van der Waals surface area (Å²) in [5.41, 5.74) is 3.17. The second kappa shape index (κ2) is 6.65. The zero-order valence-electron chi connectivity index (χ0n) is 12.2. The molecule has 5 heteroatoms. The minimum absolute atomic E-state index is 0.253. The first kappa shape index (κ1) is 14.7. The van der Waals surface area contributed by atoms with Gasteiger partial charge in [0, 0.05) is 18.4 Å². The van der Waals surface area contributed by atoms with Crippen molar-refractivity contribution < 1.29 is 4.79 Å². The number of nitrogens with zero attached hydrogens (tertiary/aromatic N) is 2. The third kappa shape index (κ3) is 3.66. The Kier molecular flexibility index (Phi) is 4.66. The van der Waals surface area contributed by atoms with Crippen molar-refractivity contribution in [2.24, 2.45) is 0 Å². The second-order valence-corrected chi connectivity index (χ2v) is 4.66. The number of hydrogen-bond donors (Lipinski definition) is 2. The molecule has 2 N–H and O–H groups in total. The summed E-state index contributed by atoms with van der Waals surface area (Å²) < 4.78 is 0. The van der Waals surface area contributed by atoms with Gasteiger partial charge in [-0.3, -0.25) is 4.79 Å². The van der Waals surface area contributed by atoms with Gasteiger partial charge in [-0.1, -0.05) is 24.3 Å². The van der Waals surface area contributed by atoms with Gasteiger partial charge in [-0.15, -0.1) is 6.58 Å². The Balaban J connectivity index is 2.18. The van der Waals surface area contributed by atoms with Crippen molar-refractivity contribution in [2.45, 2.75) is 13.8 Å². The monoisotopic (exact) mass is 282 g/mol. The molecule has 21 heavy (non-hydrogen) atoms. The Morgan fingerprint density at radius 3 is 2.67 bits per heavy atom. The van der Waals surface area contributed by atoms with Gasteiger partial charge in [-0.25, -0.2) is 9.97 Å². The number of nitrogens with one attached hydrogen (secondary N) is 2. The Hall–Kier alpha value is -2.69. The van der Waals surface area contributed by atoms with E-state index in [-0.39, 0.29) is 5.91 Å². The molecule has 1 amide bonds. The smallest absolute Gasteiger partial charge is 0.274 e. The van der Waals surface area contributed by atoms with Crippen LogP contribution in [0.5, 0.6) is 0 Å². The van der Waals surface area contributed by atoms with Crippen molar-refractivity contribution in [3.8, 4) is 0 Å². The van der Waals surface area contributed by atoms with Gasteiger partial charge in [0.15, 0.2) is 0 Å². The third-order valence-corrected chi connectivity index (χ3v) is 3.01. The highest BCUT2D eigenvalue weighted by Gasteiger charge is 2.11. The second-order valence-electron chi connectivity index (χ2n) is 4.66. The molecule has 2 rings (SSSR count). The minimum atomic E-state index is -0.253. The van der Waals surface area contributed by atoms with Crippen LogP contribution in [0.15, 0.2) is 43.1 Å². The molecule has 0 aliphatic carbocycles. The summed E-state index contributed by atoms with van der Waals surface area (Å²) in [6.45, 7) is 8.07. The van der Waals surface area contributed by atoms with Gasteiger partial charge < -0.3 is 10.6 Å². The number of anilines is 2. The summed E-state index contributed by atoms with van der Waals surface area (Å²) in [5, 5.41) is 5.86. The van der Waals surface area contributed by atoms with E-state index in [4.69, 9.17) is 0 Å². The Morgan fingerprint density at radius 2 is 2.00 bits per heavy atom. The maximum Gasteiger partial charge on any atom is 0.274 e. The molecule has 0 atom stereocenters. The number of hydrogen-bond acceptors (Lipinski definition) is 4. The number of carbonyl (C=O) groups excluding carboxylic acids is 1. The van der Waals surface area contributed by atoms with E-state index in [9.17, 15) is 4.79 Å². The van der Waals surface area contributed by atoms with E-state index in [1.54, 1.807) is 18.3 Å². The van der Waals surface area contributed by atoms with Crippen molar-refractivity contribution in [1.82, 2.24) is 9.97 Å². The van der Waals surface area contributed by atoms with E-state index in [1.807, 2.05) is 32.0 Å². The highest BCUT2D eigenvalue weighted by Crippen LogP contribution is 2.20. The Morgan fingerprint density at radius 1 is 1.29 bits per heavy atom. The first-order valence-electron chi connectivity index (χ1n) is 6.67. The number of aryl methyl sites for hydroxylation is 2. The molecule has 0 fully saturated rings. The zero-order chi connectivity index (χ0) is 15.2. The molecule has 0 saturated carbocycles. The number of para-hydroxylation sites is 1. The van der Waals surface area contributed by atoms with Gasteiger partial charge >= 0.3 is 0 Å². The van der Waals surface area contributed by atoms with Crippen molar-refractivity contribution in [3.05, 3.63) is 59.9 Å². The first-order chi connectivity index (χ1) is 10.1. The Bertz CT molecular complexity index is 647. The summed E-state index contributed by atoms with van der Waals surface area (Å²) in [7, 11) is 0. The van der Waals surface area contributed by atoms with E-state index >= 15 is 0 Å². The highest BCUT2D eigenvalue weighted by atomic mass is 16.1. The van der Waals surface area contributed by atoms with Crippen LogP contribution < -0.4 is 10.6 Å². The fourth-order valence-corrected chi connectivity index (χ4v) is 1.92. The molecule has 0 unspecified atom stereocenters. The fraction of sp³-hybridized carbons (Fsp3) is 0.188. The quantitative estimate of drug-likeness (QED) is 0.827. The molecular weight excluding hydrogens is 264 g/mol. The number of rotatable bonds is 5. The molecule has 1 aromatic carbocycles. The molecule has 0 aliphatic rings. The van der Waals surface area contributed by atoms with Crippen molar-refractivity contribution in [2.75, 3.05) is 17.2 Å². The Labute approximate surface area is 124 Å². The van der Waals surface area contributed by atoms with E-state index in [0.717, 1.165) is 16.8 Å². The largest absolute Gasteiger partial charge is 0.351 e. The van der Waals surface area contributed by atoms with E-state index in [2.05, 4.69) is 27.2 Å². The molecule has 0 bridgehead atoms. The molecule has 1 heterocycles. The topological polar surface area (TPSA) is 66.9 Å². The van der Waals surface area contributed by atoms with Crippen LogP contribution in [-0.4, -0.2) is 22.4 Å². The minimum Gasteiger partial charge on any atom is -0.351 e. The molecule has 0 saturated heterocycles. The van der Waals surface area contributed by atoms with E-state index in [1.165, 1.54) is 0 Å². The van der Waals surface area contributed by atoms with Gasteiger partial charge in [0.05, 0.1) is 0 Å². The number of amides is 1. The molecule has 0 spiro atoms. The van der Waals surface area contributed by atoms with Crippen molar-refractivity contribution in [3.63, 3.8) is 0 Å². The lowest BCUT2D eigenvalue weighted by Gasteiger charge is -2.11. The van der Waals surface area contributed by atoms with E-state index < -0.39 is 0 Å².